The molecule has 128 valence electrons. The van der Waals surface area contributed by atoms with Gasteiger partial charge in [-0.25, -0.2) is 0 Å². The van der Waals surface area contributed by atoms with Gasteiger partial charge in [-0.2, -0.15) is 0 Å². The van der Waals surface area contributed by atoms with E-state index in [4.69, 9.17) is 9.47 Å². The minimum atomic E-state index is -0.0759. The van der Waals surface area contributed by atoms with Crippen molar-refractivity contribution in [3.05, 3.63) is 45.6 Å². The molecule has 0 fully saturated rings. The predicted molar refractivity (Wildman–Crippen MR) is 94.5 cm³/mol. The van der Waals surface area contributed by atoms with E-state index >= 15 is 0 Å². The lowest BCUT2D eigenvalue weighted by molar-refractivity contribution is 0.0801. The highest BCUT2D eigenvalue weighted by Crippen LogP contribution is 2.27. The monoisotopic (exact) mass is 347 g/mol. The van der Waals surface area contributed by atoms with Crippen LogP contribution < -0.4 is 9.47 Å². The van der Waals surface area contributed by atoms with Gasteiger partial charge in [-0.3, -0.25) is 9.59 Å². The first kappa shape index (κ1) is 18.0. The maximum Gasteiger partial charge on any atom is 0.263 e. The predicted octanol–water partition coefficient (Wildman–Crippen LogP) is 3.28. The average Bonchev–Trinajstić information content (AvgIpc) is 3.08. The summed E-state index contributed by atoms with van der Waals surface area (Å²) in [6.07, 6.45) is 0.702. The van der Waals surface area contributed by atoms with Gasteiger partial charge in [0.2, 0.25) is 0 Å². The van der Waals surface area contributed by atoms with Crippen molar-refractivity contribution in [1.29, 1.82) is 0 Å². The first-order chi connectivity index (χ1) is 11.5. The number of likely N-dealkylation sites (N-methyl/N-ethyl adjacent to an activating group) is 1. The maximum atomic E-state index is 12.4. The maximum absolute atomic E-state index is 12.4. The van der Waals surface area contributed by atoms with Gasteiger partial charge in [-0.15, -0.1) is 11.3 Å². The lowest BCUT2D eigenvalue weighted by Gasteiger charge is -2.17. The zero-order chi connectivity index (χ0) is 17.7. The Kier molecular flexibility index (Phi) is 5.98. The first-order valence-corrected chi connectivity index (χ1v) is 8.35. The van der Waals surface area contributed by atoms with Gasteiger partial charge in [-0.1, -0.05) is 6.07 Å². The molecule has 2 rings (SSSR count). The van der Waals surface area contributed by atoms with Crippen LogP contribution in [0.3, 0.4) is 0 Å². The molecule has 0 aliphatic heterocycles. The number of amides is 1. The molecule has 0 saturated heterocycles. The summed E-state index contributed by atoms with van der Waals surface area (Å²) >= 11 is 1.23. The Morgan fingerprint density at radius 2 is 1.71 bits per heavy atom. The van der Waals surface area contributed by atoms with Crippen LogP contribution in [-0.2, 0) is 6.42 Å². The zero-order valence-corrected chi connectivity index (χ0v) is 15.1. The summed E-state index contributed by atoms with van der Waals surface area (Å²) in [7, 11) is 4.96. The number of rotatable bonds is 7. The number of ether oxygens (including phenoxy) is 2. The molecule has 0 radical (unpaired) electrons. The van der Waals surface area contributed by atoms with Gasteiger partial charge < -0.3 is 14.4 Å². The number of nitrogens with zero attached hydrogens (tertiary/aromatic N) is 1. The molecule has 0 saturated carbocycles. The molecule has 5 nitrogen and oxygen atoms in total. The highest BCUT2D eigenvalue weighted by Gasteiger charge is 2.15. The second-order valence-corrected chi connectivity index (χ2v) is 6.47. The largest absolute Gasteiger partial charge is 0.493 e. The first-order valence-electron chi connectivity index (χ1n) is 7.53. The summed E-state index contributed by atoms with van der Waals surface area (Å²) in [5, 5.41) is 0. The number of carbonyl (C=O) groups is 2. The van der Waals surface area contributed by atoms with Crippen molar-refractivity contribution < 1.29 is 19.1 Å². The Balaban J connectivity index is 2.00. The van der Waals surface area contributed by atoms with Gasteiger partial charge in [0.05, 0.1) is 24.0 Å². The van der Waals surface area contributed by atoms with E-state index in [-0.39, 0.29) is 11.7 Å². The fourth-order valence-electron chi connectivity index (χ4n) is 2.26. The van der Waals surface area contributed by atoms with Crippen LogP contribution in [0.4, 0.5) is 0 Å². The summed E-state index contributed by atoms with van der Waals surface area (Å²) in [5.41, 5.74) is 1.06. The van der Waals surface area contributed by atoms with E-state index in [2.05, 4.69) is 0 Å². The molecule has 0 spiro atoms. The minimum Gasteiger partial charge on any atom is -0.493 e. The number of Topliss-reactive ketones (excluding diaryl/α,β-unsaturated/α-hetero) is 1. The van der Waals surface area contributed by atoms with Gasteiger partial charge >= 0.3 is 0 Å². The molecule has 1 aromatic heterocycles. The quantitative estimate of drug-likeness (QED) is 0.721. The molecule has 1 aromatic carbocycles. The minimum absolute atomic E-state index is 0.0213. The van der Waals surface area contributed by atoms with Crippen molar-refractivity contribution in [1.82, 2.24) is 4.90 Å². The van der Waals surface area contributed by atoms with E-state index in [1.807, 2.05) is 18.2 Å². The highest BCUT2D eigenvalue weighted by molar-refractivity contribution is 7.15. The Labute approximate surface area is 145 Å². The SMILES string of the molecule is COc1ccc(CCN(C)C(=O)c2ccc(C(C)=O)s2)cc1OC. The van der Waals surface area contributed by atoms with Crippen LogP contribution in [0.15, 0.2) is 30.3 Å². The number of hydrogen-bond acceptors (Lipinski definition) is 5. The second kappa shape index (κ2) is 7.97. The van der Waals surface area contributed by atoms with Crippen molar-refractivity contribution >= 4 is 23.0 Å². The Morgan fingerprint density at radius 3 is 2.29 bits per heavy atom. The van der Waals surface area contributed by atoms with Crippen LogP contribution in [0.1, 0.15) is 31.8 Å². The molecule has 0 bridgehead atoms. The smallest absolute Gasteiger partial charge is 0.263 e. The summed E-state index contributed by atoms with van der Waals surface area (Å²) in [5.74, 6) is 1.26. The third kappa shape index (κ3) is 4.14. The molecule has 0 aliphatic rings. The standard InChI is InChI=1S/C18H21NO4S/c1-12(20)16-7-8-17(24-16)18(21)19(2)10-9-13-5-6-14(22-3)15(11-13)23-4/h5-8,11H,9-10H2,1-4H3. The van der Waals surface area contributed by atoms with Crippen LogP contribution in [0.2, 0.25) is 0 Å². The van der Waals surface area contributed by atoms with Crippen molar-refractivity contribution in [2.75, 3.05) is 27.8 Å². The number of methoxy groups -OCH3 is 2. The van der Waals surface area contributed by atoms with Crippen LogP contribution in [-0.4, -0.2) is 44.4 Å². The second-order valence-electron chi connectivity index (χ2n) is 5.39. The molecule has 0 unspecified atom stereocenters. The Morgan fingerprint density at radius 1 is 1.04 bits per heavy atom. The molecular formula is C18H21NO4S. The van der Waals surface area contributed by atoms with Crippen molar-refractivity contribution in [2.45, 2.75) is 13.3 Å². The lowest BCUT2D eigenvalue weighted by atomic mass is 10.1. The van der Waals surface area contributed by atoms with Gasteiger partial charge in [0.15, 0.2) is 17.3 Å². The molecule has 0 atom stereocenters. The summed E-state index contributed by atoms with van der Waals surface area (Å²) in [6.45, 7) is 2.07. The van der Waals surface area contributed by atoms with Crippen LogP contribution in [0, 0.1) is 0 Å². The Bertz CT molecular complexity index is 738. The normalized spacial score (nSPS) is 10.3. The third-order valence-electron chi connectivity index (χ3n) is 3.69. The van der Waals surface area contributed by atoms with Gasteiger partial charge in [0.1, 0.15) is 0 Å². The highest BCUT2D eigenvalue weighted by atomic mass is 32.1. The number of benzene rings is 1. The molecule has 1 amide bonds. The Hall–Kier alpha value is -2.34. The molecule has 24 heavy (non-hydrogen) atoms. The third-order valence-corrected chi connectivity index (χ3v) is 4.87. The van der Waals surface area contributed by atoms with E-state index < -0.39 is 0 Å². The number of carbonyl (C=O) groups excluding carboxylic acids is 2. The number of hydrogen-bond donors (Lipinski definition) is 0. The van der Waals surface area contributed by atoms with E-state index in [0.717, 1.165) is 5.56 Å². The molecular weight excluding hydrogens is 326 g/mol. The molecule has 6 heteroatoms. The van der Waals surface area contributed by atoms with E-state index in [1.165, 1.54) is 18.3 Å². The number of thiophene rings is 1. The molecule has 0 N–H and O–H groups in total. The van der Waals surface area contributed by atoms with E-state index in [0.29, 0.717) is 34.2 Å². The van der Waals surface area contributed by atoms with Gasteiger partial charge in [0.25, 0.3) is 5.91 Å². The van der Waals surface area contributed by atoms with Crippen molar-refractivity contribution in [2.24, 2.45) is 0 Å². The van der Waals surface area contributed by atoms with Crippen molar-refractivity contribution in [3.63, 3.8) is 0 Å². The summed E-state index contributed by atoms with van der Waals surface area (Å²) in [4.78, 5) is 26.6. The molecule has 1 heterocycles. The topological polar surface area (TPSA) is 55.8 Å². The van der Waals surface area contributed by atoms with Crippen LogP contribution >= 0.6 is 11.3 Å². The summed E-state index contributed by atoms with van der Waals surface area (Å²) in [6, 6.07) is 9.13. The van der Waals surface area contributed by atoms with Crippen LogP contribution in [0.5, 0.6) is 11.5 Å². The van der Waals surface area contributed by atoms with Gasteiger partial charge in [-0.05, 0) is 43.2 Å². The molecule has 0 aliphatic carbocycles. The lowest BCUT2D eigenvalue weighted by Crippen LogP contribution is -2.28. The van der Waals surface area contributed by atoms with E-state index in [9.17, 15) is 9.59 Å². The number of ketones is 1. The zero-order valence-electron chi connectivity index (χ0n) is 14.3. The van der Waals surface area contributed by atoms with Gasteiger partial charge in [0, 0.05) is 13.6 Å². The average molecular weight is 347 g/mol. The van der Waals surface area contributed by atoms with E-state index in [1.54, 1.807) is 38.3 Å². The fraction of sp³-hybridized carbons (Fsp3) is 0.333. The summed E-state index contributed by atoms with van der Waals surface area (Å²) < 4.78 is 10.5. The van der Waals surface area contributed by atoms with Crippen molar-refractivity contribution in [3.8, 4) is 11.5 Å². The fourth-order valence-corrected chi connectivity index (χ4v) is 3.16. The van der Waals surface area contributed by atoms with Crippen LogP contribution in [0.25, 0.3) is 0 Å². The molecule has 2 aromatic rings.